The van der Waals surface area contributed by atoms with Crippen LogP contribution in [-0.2, 0) is 10.3 Å². The van der Waals surface area contributed by atoms with Crippen molar-refractivity contribution in [2.45, 2.75) is 5.54 Å². The molecule has 0 amide bonds. The van der Waals surface area contributed by atoms with Gasteiger partial charge in [-0.25, -0.2) is 9.98 Å². The van der Waals surface area contributed by atoms with Crippen molar-refractivity contribution in [3.05, 3.63) is 95.7 Å². The van der Waals surface area contributed by atoms with Crippen LogP contribution in [0.25, 0.3) is 22.4 Å². The molecule has 4 heterocycles. The molecule has 6 rings (SSSR count). The van der Waals surface area contributed by atoms with Gasteiger partial charge in [-0.05, 0) is 48.0 Å². The Morgan fingerprint density at radius 1 is 0.971 bits per heavy atom. The summed E-state index contributed by atoms with van der Waals surface area (Å²) in [4.78, 5) is 13.0. The Morgan fingerprint density at radius 2 is 1.85 bits per heavy atom. The first-order chi connectivity index (χ1) is 16.6. The number of amidine groups is 1. The first-order valence-electron chi connectivity index (χ1n) is 10.5. The molecule has 2 aliphatic heterocycles. The maximum Gasteiger partial charge on any atom is 0.283 e. The molecule has 2 N–H and O–H groups in total. The third-order valence-corrected chi connectivity index (χ3v) is 6.05. The molecule has 0 fully saturated rings. The summed E-state index contributed by atoms with van der Waals surface area (Å²) < 4.78 is 26.2. The zero-order valence-corrected chi connectivity index (χ0v) is 17.7. The van der Waals surface area contributed by atoms with E-state index in [-0.39, 0.29) is 12.6 Å². The standard InChI is InChI=1S/C26H16FN5O2/c27-24-18(5-2-8-30-24)16-6-7-22-19(10-16)26(14-33-25(29)32-26)20-11-21(31-13-23(20)34-22)17-4-1-3-15(9-17)12-28/h1-11,13H,14H2,(H2,29,32)/t26-/m0/s1. The Labute approximate surface area is 194 Å². The number of hydrogen-bond acceptors (Lipinski definition) is 7. The SMILES string of the molecule is N#Cc1cccc(-c2cc3c(cn2)Oc2ccc(-c4cccnc4F)cc2[C@@]32COC(N)=N2)c1. The summed E-state index contributed by atoms with van der Waals surface area (Å²) in [5, 5.41) is 9.28. The second kappa shape index (κ2) is 7.39. The van der Waals surface area contributed by atoms with Gasteiger partial charge in [-0.2, -0.15) is 9.65 Å². The molecule has 2 aromatic carbocycles. The van der Waals surface area contributed by atoms with Gasteiger partial charge >= 0.3 is 0 Å². The highest BCUT2D eigenvalue weighted by atomic mass is 19.1. The average molecular weight is 449 g/mol. The van der Waals surface area contributed by atoms with E-state index in [1.54, 1.807) is 48.7 Å². The molecule has 7 nitrogen and oxygen atoms in total. The van der Waals surface area contributed by atoms with Crippen LogP contribution in [0.4, 0.5) is 4.39 Å². The van der Waals surface area contributed by atoms with Crippen LogP contribution in [0.5, 0.6) is 11.5 Å². The number of aromatic nitrogens is 2. The number of halogens is 1. The summed E-state index contributed by atoms with van der Waals surface area (Å²) in [6, 6.07) is 20.0. The normalized spacial score (nSPS) is 17.7. The molecule has 164 valence electrons. The molecule has 0 saturated carbocycles. The highest BCUT2D eigenvalue weighted by Crippen LogP contribution is 2.52. The van der Waals surface area contributed by atoms with Crippen LogP contribution in [0.1, 0.15) is 16.7 Å². The van der Waals surface area contributed by atoms with E-state index in [4.69, 9.17) is 20.2 Å². The summed E-state index contributed by atoms with van der Waals surface area (Å²) >= 11 is 0. The first kappa shape index (κ1) is 19.9. The van der Waals surface area contributed by atoms with Gasteiger partial charge in [-0.3, -0.25) is 4.98 Å². The molecule has 0 aliphatic carbocycles. The van der Waals surface area contributed by atoms with Gasteiger partial charge in [0.05, 0.1) is 23.5 Å². The quantitative estimate of drug-likeness (QED) is 0.451. The Kier molecular flexibility index (Phi) is 4.32. The van der Waals surface area contributed by atoms with E-state index < -0.39 is 11.5 Å². The smallest absolute Gasteiger partial charge is 0.283 e. The summed E-state index contributed by atoms with van der Waals surface area (Å²) in [6.07, 6.45) is 3.04. The number of ether oxygens (including phenoxy) is 2. The van der Waals surface area contributed by atoms with Gasteiger partial charge in [0.25, 0.3) is 6.02 Å². The monoisotopic (exact) mass is 449 g/mol. The summed E-state index contributed by atoms with van der Waals surface area (Å²) in [5.41, 5.74) is 9.37. The van der Waals surface area contributed by atoms with E-state index >= 15 is 0 Å². The van der Waals surface area contributed by atoms with Crippen molar-refractivity contribution in [3.8, 4) is 40.0 Å². The fourth-order valence-corrected chi connectivity index (χ4v) is 4.43. The van der Waals surface area contributed by atoms with Crippen molar-refractivity contribution < 1.29 is 13.9 Å². The van der Waals surface area contributed by atoms with Crippen LogP contribution in [0.2, 0.25) is 0 Å². The van der Waals surface area contributed by atoms with Gasteiger partial charge in [-0.1, -0.05) is 18.2 Å². The number of hydrogen-bond donors (Lipinski definition) is 1. The Morgan fingerprint density at radius 3 is 2.65 bits per heavy atom. The van der Waals surface area contributed by atoms with E-state index in [2.05, 4.69) is 16.0 Å². The van der Waals surface area contributed by atoms with Gasteiger partial charge < -0.3 is 15.2 Å². The van der Waals surface area contributed by atoms with E-state index in [0.717, 1.165) is 11.1 Å². The van der Waals surface area contributed by atoms with Crippen molar-refractivity contribution in [1.82, 2.24) is 9.97 Å². The molecule has 8 heteroatoms. The summed E-state index contributed by atoms with van der Waals surface area (Å²) in [5.74, 6) is 0.516. The molecule has 2 aromatic heterocycles. The fraction of sp³-hybridized carbons (Fsp3) is 0.0769. The Hall–Kier alpha value is -4.77. The minimum absolute atomic E-state index is 0.0570. The molecule has 0 unspecified atom stereocenters. The number of pyridine rings is 2. The lowest BCUT2D eigenvalue weighted by Crippen LogP contribution is -2.31. The zero-order chi connectivity index (χ0) is 23.3. The molecule has 0 radical (unpaired) electrons. The van der Waals surface area contributed by atoms with Crippen molar-refractivity contribution in [2.75, 3.05) is 6.61 Å². The van der Waals surface area contributed by atoms with Gasteiger partial charge in [0.15, 0.2) is 11.3 Å². The average Bonchev–Trinajstić information content (AvgIpc) is 3.26. The molecule has 0 bridgehead atoms. The van der Waals surface area contributed by atoms with Crippen LogP contribution in [0, 0.1) is 17.3 Å². The largest absolute Gasteiger partial charge is 0.462 e. The number of nitriles is 1. The summed E-state index contributed by atoms with van der Waals surface area (Å²) in [6.45, 7) is 0.156. The molecule has 0 saturated heterocycles. The van der Waals surface area contributed by atoms with Gasteiger partial charge in [-0.15, -0.1) is 0 Å². The third-order valence-electron chi connectivity index (χ3n) is 6.05. The summed E-state index contributed by atoms with van der Waals surface area (Å²) in [7, 11) is 0. The molecule has 4 aromatic rings. The van der Waals surface area contributed by atoms with E-state index in [9.17, 15) is 9.65 Å². The Balaban J connectivity index is 1.55. The minimum Gasteiger partial charge on any atom is -0.462 e. The second-order valence-corrected chi connectivity index (χ2v) is 8.01. The van der Waals surface area contributed by atoms with Crippen LogP contribution in [0.3, 0.4) is 0 Å². The van der Waals surface area contributed by atoms with Crippen molar-refractivity contribution in [1.29, 1.82) is 5.26 Å². The number of benzene rings is 2. The lowest BCUT2D eigenvalue weighted by atomic mass is 9.80. The number of aliphatic imine (C=N–C) groups is 1. The maximum absolute atomic E-state index is 14.4. The van der Waals surface area contributed by atoms with Crippen LogP contribution >= 0.6 is 0 Å². The third kappa shape index (κ3) is 2.98. The highest BCUT2D eigenvalue weighted by molar-refractivity contribution is 5.78. The molecule has 34 heavy (non-hydrogen) atoms. The molecule has 1 atom stereocenters. The highest BCUT2D eigenvalue weighted by Gasteiger charge is 2.47. The van der Waals surface area contributed by atoms with Crippen molar-refractivity contribution in [2.24, 2.45) is 10.7 Å². The van der Waals surface area contributed by atoms with Gasteiger partial charge in [0.1, 0.15) is 12.4 Å². The topological polar surface area (TPSA) is 106 Å². The lowest BCUT2D eigenvalue weighted by Gasteiger charge is -2.33. The number of nitrogens with zero attached hydrogens (tertiary/aromatic N) is 4. The van der Waals surface area contributed by atoms with E-state index in [1.165, 1.54) is 6.20 Å². The molecular formula is C26H16FN5O2. The van der Waals surface area contributed by atoms with Crippen molar-refractivity contribution in [3.63, 3.8) is 0 Å². The second-order valence-electron chi connectivity index (χ2n) is 8.01. The van der Waals surface area contributed by atoms with Crippen LogP contribution in [0.15, 0.2) is 78.0 Å². The van der Waals surface area contributed by atoms with Gasteiger partial charge in [0, 0.05) is 28.5 Å². The Bertz CT molecular complexity index is 1540. The fourth-order valence-electron chi connectivity index (χ4n) is 4.43. The minimum atomic E-state index is -0.994. The van der Waals surface area contributed by atoms with Crippen molar-refractivity contribution >= 4 is 6.02 Å². The number of nitrogens with two attached hydrogens (primary N) is 1. The predicted octanol–water partition coefficient (Wildman–Crippen LogP) is 4.52. The number of rotatable bonds is 2. The molecular weight excluding hydrogens is 433 g/mol. The molecule has 2 aliphatic rings. The zero-order valence-electron chi connectivity index (χ0n) is 17.7. The number of fused-ring (bicyclic) bond motifs is 4. The maximum atomic E-state index is 14.4. The lowest BCUT2D eigenvalue weighted by molar-refractivity contribution is 0.264. The predicted molar refractivity (Wildman–Crippen MR) is 122 cm³/mol. The van der Waals surface area contributed by atoms with E-state index in [1.807, 2.05) is 18.2 Å². The van der Waals surface area contributed by atoms with Crippen LogP contribution < -0.4 is 10.5 Å². The van der Waals surface area contributed by atoms with E-state index in [0.29, 0.717) is 39.4 Å². The molecule has 1 spiro atoms. The first-order valence-corrected chi connectivity index (χ1v) is 10.5. The van der Waals surface area contributed by atoms with Crippen LogP contribution in [-0.4, -0.2) is 22.6 Å². The van der Waals surface area contributed by atoms with Gasteiger partial charge in [0.2, 0.25) is 5.95 Å².